The predicted molar refractivity (Wildman–Crippen MR) is 104 cm³/mol. The molecule has 3 rings (SSSR count). The monoisotopic (exact) mass is 397 g/mol. The average molecular weight is 398 g/mol. The summed E-state index contributed by atoms with van der Waals surface area (Å²) in [6, 6.07) is 5.39. The first kappa shape index (κ1) is 19.3. The Kier molecular flexibility index (Phi) is 6.30. The van der Waals surface area contributed by atoms with Crippen molar-refractivity contribution in [2.45, 2.75) is 51.1 Å². The van der Waals surface area contributed by atoms with E-state index in [1.807, 2.05) is 30.0 Å². The van der Waals surface area contributed by atoms with Gasteiger partial charge in [0.25, 0.3) is 0 Å². The topological polar surface area (TPSA) is 61.4 Å². The maximum atomic E-state index is 12.9. The zero-order chi connectivity index (χ0) is 18.7. The molecule has 2 heterocycles. The van der Waals surface area contributed by atoms with E-state index < -0.39 is 0 Å². The van der Waals surface area contributed by atoms with Crippen LogP contribution in [0.1, 0.15) is 38.2 Å². The van der Waals surface area contributed by atoms with Gasteiger partial charge in [0.05, 0.1) is 0 Å². The summed E-state index contributed by atoms with van der Waals surface area (Å²) in [4.78, 5) is 26.3. The minimum Gasteiger partial charge on any atom is -0.356 e. The highest BCUT2D eigenvalue weighted by Crippen LogP contribution is 2.28. The third kappa shape index (κ3) is 4.44. The largest absolute Gasteiger partial charge is 0.356 e. The Morgan fingerprint density at radius 2 is 2.08 bits per heavy atom. The summed E-state index contributed by atoms with van der Waals surface area (Å²) in [6.45, 7) is 3.36. The Hall–Kier alpha value is -1.46. The molecule has 0 saturated carbocycles. The molecule has 2 saturated heterocycles. The number of nitrogens with one attached hydrogen (secondary N) is 2. The summed E-state index contributed by atoms with van der Waals surface area (Å²) in [6.07, 6.45) is 4.15. The van der Waals surface area contributed by atoms with E-state index >= 15 is 0 Å². The number of likely N-dealkylation sites (tertiary alicyclic amines) is 1. The smallest absolute Gasteiger partial charge is 0.317 e. The standard InChI is InChI=1S/C19H25Cl2N3O2/c1-12(9-14-15(20)5-4-6-16(14)21)23-19(26)24-8-3-2-7-17(24)13-10-18(25)22-11-13/h4-6,12-13,17H,2-3,7-11H2,1H3,(H,22,25)(H,23,26). The first-order chi connectivity index (χ1) is 12.5. The van der Waals surface area contributed by atoms with Crippen molar-refractivity contribution in [2.75, 3.05) is 13.1 Å². The van der Waals surface area contributed by atoms with Crippen LogP contribution in [0.5, 0.6) is 0 Å². The molecule has 0 aliphatic carbocycles. The van der Waals surface area contributed by atoms with Crippen molar-refractivity contribution in [3.8, 4) is 0 Å². The van der Waals surface area contributed by atoms with Gasteiger partial charge < -0.3 is 15.5 Å². The van der Waals surface area contributed by atoms with Crippen molar-refractivity contribution in [2.24, 2.45) is 5.92 Å². The SMILES string of the molecule is CC(Cc1c(Cl)cccc1Cl)NC(=O)N1CCCCC1C1CNC(=O)C1. The molecule has 5 nitrogen and oxygen atoms in total. The molecule has 1 aromatic carbocycles. The molecule has 2 aliphatic rings. The molecule has 0 spiro atoms. The van der Waals surface area contributed by atoms with Gasteiger partial charge in [0.1, 0.15) is 0 Å². The minimum atomic E-state index is -0.0918. The Morgan fingerprint density at radius 3 is 2.73 bits per heavy atom. The van der Waals surface area contributed by atoms with E-state index in [0.717, 1.165) is 31.4 Å². The van der Waals surface area contributed by atoms with Crippen molar-refractivity contribution in [3.05, 3.63) is 33.8 Å². The quantitative estimate of drug-likeness (QED) is 0.814. The lowest BCUT2D eigenvalue weighted by Crippen LogP contribution is -2.53. The van der Waals surface area contributed by atoms with E-state index in [0.29, 0.717) is 29.4 Å². The number of piperidine rings is 1. The van der Waals surface area contributed by atoms with Crippen LogP contribution >= 0.6 is 23.2 Å². The first-order valence-corrected chi connectivity index (χ1v) is 9.98. The van der Waals surface area contributed by atoms with E-state index in [1.54, 1.807) is 0 Å². The van der Waals surface area contributed by atoms with Crippen molar-refractivity contribution in [3.63, 3.8) is 0 Å². The molecule has 7 heteroatoms. The Morgan fingerprint density at radius 1 is 1.35 bits per heavy atom. The summed E-state index contributed by atoms with van der Waals surface area (Å²) in [5.41, 5.74) is 0.851. The maximum absolute atomic E-state index is 12.9. The summed E-state index contributed by atoms with van der Waals surface area (Å²) in [5.74, 6) is 0.296. The summed E-state index contributed by atoms with van der Waals surface area (Å²) in [5, 5.41) is 7.20. The summed E-state index contributed by atoms with van der Waals surface area (Å²) >= 11 is 12.5. The van der Waals surface area contributed by atoms with Gasteiger partial charge in [-0.25, -0.2) is 4.79 Å². The van der Waals surface area contributed by atoms with Gasteiger partial charge in [-0.15, -0.1) is 0 Å². The molecule has 2 aliphatic heterocycles. The number of carbonyl (C=O) groups excluding carboxylic acids is 2. The second-order valence-corrected chi connectivity index (χ2v) is 8.09. The highest BCUT2D eigenvalue weighted by atomic mass is 35.5. The fraction of sp³-hybridized carbons (Fsp3) is 0.579. The molecule has 0 aromatic heterocycles. The number of hydrogen-bond acceptors (Lipinski definition) is 2. The van der Waals surface area contributed by atoms with Gasteiger partial charge in [0, 0.05) is 47.6 Å². The van der Waals surface area contributed by atoms with E-state index in [2.05, 4.69) is 10.6 Å². The van der Waals surface area contributed by atoms with Crippen molar-refractivity contribution in [1.82, 2.24) is 15.5 Å². The second-order valence-electron chi connectivity index (χ2n) is 7.28. The van der Waals surface area contributed by atoms with Crippen LogP contribution in [0.25, 0.3) is 0 Å². The lowest BCUT2D eigenvalue weighted by Gasteiger charge is -2.39. The van der Waals surface area contributed by atoms with E-state index in [1.165, 1.54) is 0 Å². The second kappa shape index (κ2) is 8.49. The molecule has 3 unspecified atom stereocenters. The van der Waals surface area contributed by atoms with Gasteiger partial charge in [0.2, 0.25) is 5.91 Å². The van der Waals surface area contributed by atoms with Crippen LogP contribution in [0.4, 0.5) is 4.79 Å². The average Bonchev–Trinajstić information content (AvgIpc) is 3.04. The number of rotatable bonds is 4. The van der Waals surface area contributed by atoms with Crippen LogP contribution in [0.15, 0.2) is 18.2 Å². The van der Waals surface area contributed by atoms with Gasteiger partial charge in [-0.3, -0.25) is 4.79 Å². The zero-order valence-electron chi connectivity index (χ0n) is 14.9. The van der Waals surface area contributed by atoms with E-state index in [4.69, 9.17) is 23.2 Å². The highest BCUT2D eigenvalue weighted by Gasteiger charge is 2.37. The van der Waals surface area contributed by atoms with Crippen LogP contribution in [0, 0.1) is 5.92 Å². The van der Waals surface area contributed by atoms with Crippen LogP contribution in [-0.4, -0.2) is 42.0 Å². The molecule has 0 radical (unpaired) electrons. The lowest BCUT2D eigenvalue weighted by atomic mass is 9.89. The molecule has 2 N–H and O–H groups in total. The Balaban J connectivity index is 1.62. The highest BCUT2D eigenvalue weighted by molar-refractivity contribution is 6.36. The van der Waals surface area contributed by atoms with Crippen LogP contribution in [0.3, 0.4) is 0 Å². The van der Waals surface area contributed by atoms with Crippen molar-refractivity contribution < 1.29 is 9.59 Å². The maximum Gasteiger partial charge on any atom is 0.317 e. The molecule has 3 atom stereocenters. The van der Waals surface area contributed by atoms with Gasteiger partial charge in [-0.1, -0.05) is 29.3 Å². The van der Waals surface area contributed by atoms with Gasteiger partial charge in [0.15, 0.2) is 0 Å². The molecule has 142 valence electrons. The number of urea groups is 1. The molecule has 1 aromatic rings. The van der Waals surface area contributed by atoms with Crippen LogP contribution < -0.4 is 10.6 Å². The van der Waals surface area contributed by atoms with Crippen molar-refractivity contribution >= 4 is 35.1 Å². The molecule has 2 fully saturated rings. The number of hydrogen-bond donors (Lipinski definition) is 2. The molecule has 0 bridgehead atoms. The lowest BCUT2D eigenvalue weighted by molar-refractivity contribution is -0.119. The summed E-state index contributed by atoms with van der Waals surface area (Å²) in [7, 11) is 0. The number of carbonyl (C=O) groups is 2. The van der Waals surface area contributed by atoms with Crippen LogP contribution in [0.2, 0.25) is 10.0 Å². The van der Waals surface area contributed by atoms with Gasteiger partial charge in [-0.2, -0.15) is 0 Å². The number of halogens is 2. The summed E-state index contributed by atoms with van der Waals surface area (Å²) < 4.78 is 0. The molecule has 3 amide bonds. The van der Waals surface area contributed by atoms with Gasteiger partial charge in [-0.05, 0) is 50.3 Å². The molecule has 26 heavy (non-hydrogen) atoms. The predicted octanol–water partition coefficient (Wildman–Crippen LogP) is 3.62. The Bertz CT molecular complexity index is 662. The third-order valence-corrected chi connectivity index (χ3v) is 6.01. The van der Waals surface area contributed by atoms with E-state index in [-0.39, 0.29) is 29.9 Å². The minimum absolute atomic E-state index is 0.0651. The molecular formula is C19H25Cl2N3O2. The zero-order valence-corrected chi connectivity index (χ0v) is 16.4. The number of nitrogens with zero attached hydrogens (tertiary/aromatic N) is 1. The molecular weight excluding hydrogens is 373 g/mol. The number of benzene rings is 1. The van der Waals surface area contributed by atoms with Crippen LogP contribution in [-0.2, 0) is 11.2 Å². The first-order valence-electron chi connectivity index (χ1n) is 9.22. The van der Waals surface area contributed by atoms with E-state index in [9.17, 15) is 9.59 Å². The Labute approximate surface area is 164 Å². The number of amides is 3. The van der Waals surface area contributed by atoms with Crippen molar-refractivity contribution in [1.29, 1.82) is 0 Å². The third-order valence-electron chi connectivity index (χ3n) is 5.31. The fourth-order valence-electron chi connectivity index (χ4n) is 3.98. The van der Waals surface area contributed by atoms with Gasteiger partial charge >= 0.3 is 6.03 Å². The fourth-order valence-corrected chi connectivity index (χ4v) is 4.53. The normalized spacial score (nSPS) is 24.3.